The highest BCUT2D eigenvalue weighted by Crippen LogP contribution is 2.43. The van der Waals surface area contributed by atoms with E-state index >= 15 is 0 Å². The molecule has 0 aromatic heterocycles. The van der Waals surface area contributed by atoms with E-state index in [4.69, 9.17) is 145 Å². The fraction of sp³-hybridized carbons (Fsp3) is 0.662. The lowest BCUT2D eigenvalue weighted by Gasteiger charge is -2.51. The van der Waals surface area contributed by atoms with Crippen molar-refractivity contribution in [2.75, 3.05) is 52.0 Å². The number of carbonyl (C=O) groups is 9. The molecule has 2 aromatic rings. The lowest BCUT2D eigenvalue weighted by Crippen LogP contribution is -2.67. The second-order valence-electron chi connectivity index (χ2n) is 24.0. The monoisotopic (exact) mass is 1550 g/mol. The molecule has 6 saturated heterocycles. The van der Waals surface area contributed by atoms with Crippen LogP contribution in [0.1, 0.15) is 113 Å². The molecular weight excluding hydrogens is 1470 g/mol. The maximum Gasteiger partial charge on any atom is 0.303 e. The first-order valence-electron chi connectivity index (χ1n) is 32.7. The molecule has 2 aromatic carbocycles. The first kappa shape index (κ1) is 84.6. The molecule has 21 atom stereocenters. The summed E-state index contributed by atoms with van der Waals surface area (Å²) in [5, 5.41) is 12.0. The van der Waals surface area contributed by atoms with Gasteiger partial charge in [0.1, 0.15) is 62.0 Å². The zero-order chi connectivity index (χ0) is 76.0. The Kier molecular flexibility index (Phi) is 32.8. The van der Waals surface area contributed by atoms with Crippen LogP contribution in [0.3, 0.4) is 0 Å². The number of thioether (sulfide) groups is 1. The average molecular weight is 1560 g/mol. The van der Waals surface area contributed by atoms with Crippen LogP contribution in [-0.4, -0.2) is 231 Å². The predicted molar refractivity (Wildman–Crippen MR) is 357 cm³/mol. The molecule has 0 spiro atoms. The van der Waals surface area contributed by atoms with Crippen molar-refractivity contribution in [2.24, 2.45) is 10.8 Å². The summed E-state index contributed by atoms with van der Waals surface area (Å²) in [6.07, 6.45) is -22.0. The number of esters is 8. The van der Waals surface area contributed by atoms with Crippen LogP contribution in [-0.2, 0) is 143 Å². The van der Waals surface area contributed by atoms with Gasteiger partial charge in [0.15, 0.2) is 66.9 Å². The number of halogens is 3. The van der Waals surface area contributed by atoms with Crippen LogP contribution in [0.15, 0.2) is 65.8 Å². The van der Waals surface area contributed by atoms with E-state index in [-0.39, 0.29) is 39.4 Å². The average Bonchev–Trinajstić information content (AvgIpc) is 0.765. The molecule has 6 aliphatic heterocycles. The van der Waals surface area contributed by atoms with Crippen molar-refractivity contribution in [3.8, 4) is 0 Å². The number of nitrogens with zero attached hydrogens (tertiary/aromatic N) is 3. The minimum Gasteiger partial charge on any atom is -0.463 e. The summed E-state index contributed by atoms with van der Waals surface area (Å²) in [6.45, 7) is 10.1. The molecule has 0 aliphatic carbocycles. The van der Waals surface area contributed by atoms with Crippen LogP contribution < -0.4 is 5.73 Å². The van der Waals surface area contributed by atoms with Crippen molar-refractivity contribution in [2.45, 2.75) is 221 Å². The Labute approximate surface area is 617 Å². The third kappa shape index (κ3) is 25.5. The number of benzene rings is 2. The Morgan fingerprint density at radius 1 is 0.567 bits per heavy atom. The standard InChI is InChI=1S/C36H51NO16S.C29H33Cl3N4O14.H2/c1-21(38)44-19-28-31(47-22(2)39)32(48-23(3)40)33(49-24(4)41)35(51-28)50-27-18-36(37,46-16-15-43-14-10-7-11-17-54-25(5)42)53-29-20-45-34(52-30(27)29)26-12-8-6-9-13-26;1-12(37)41-10-17-21(43-13(2)38)23(44-14(3)39)24(45-15(4)40)27(47-17)49-22-19(35-36-34)26(50-28(33)29(30,31)32)46-18-11-42-25(48-20(18)22)16-8-6-5-7-9-16;/h6,8-9,12-13,27-35H,7,10-11,14-20,37H2,1-5H3;5-9,17-27,33H,10-11H2,1-4H3;1H/t27-,28?,29?,30-,31+,32+,33?,34?,35-,36-;17?,18?,19?,20-,21-,22+,23-,24?,25?,26+,27-;/m10./s1. The quantitative estimate of drug-likeness (QED) is 0.00937. The number of ether oxygens (including phenoxy) is 21. The van der Waals surface area contributed by atoms with E-state index in [0.717, 1.165) is 79.0 Å². The molecule has 9 unspecified atom stereocenters. The zero-order valence-corrected chi connectivity index (χ0v) is 61.1. The highest BCUT2D eigenvalue weighted by molar-refractivity contribution is 8.13. The van der Waals surface area contributed by atoms with Gasteiger partial charge in [0.05, 0.1) is 32.5 Å². The molecule has 35 nitrogen and oxygen atoms in total. The number of fused-ring (bicyclic) bond motifs is 2. The van der Waals surface area contributed by atoms with Crippen molar-refractivity contribution in [1.82, 2.24) is 0 Å². The Bertz CT molecular complexity index is 3300. The fourth-order valence-corrected chi connectivity index (χ4v) is 12.4. The summed E-state index contributed by atoms with van der Waals surface area (Å²) in [6, 6.07) is 16.5. The molecule has 3 N–H and O–H groups in total. The van der Waals surface area contributed by atoms with Crippen LogP contribution in [0, 0.1) is 5.41 Å². The molecule has 6 aliphatic rings. The van der Waals surface area contributed by atoms with Crippen LogP contribution in [0.4, 0.5) is 0 Å². The van der Waals surface area contributed by atoms with Crippen molar-refractivity contribution in [1.29, 1.82) is 5.41 Å². The van der Waals surface area contributed by atoms with E-state index in [2.05, 4.69) is 10.0 Å². The van der Waals surface area contributed by atoms with E-state index in [1.54, 1.807) is 37.3 Å². The fourth-order valence-electron chi connectivity index (χ4n) is 11.6. The summed E-state index contributed by atoms with van der Waals surface area (Å²) in [5.74, 6) is -8.15. The number of rotatable bonds is 28. The lowest BCUT2D eigenvalue weighted by molar-refractivity contribution is -0.396. The van der Waals surface area contributed by atoms with Crippen LogP contribution in [0.2, 0.25) is 0 Å². The number of hydrogen-bond acceptors (Lipinski definition) is 34. The largest absolute Gasteiger partial charge is 0.463 e. The number of nitrogens with two attached hydrogens (primary N) is 1. The van der Waals surface area contributed by atoms with Gasteiger partial charge in [0.25, 0.3) is 3.79 Å². The summed E-state index contributed by atoms with van der Waals surface area (Å²) < 4.78 is 120. The van der Waals surface area contributed by atoms with Gasteiger partial charge in [0.2, 0.25) is 18.1 Å². The number of carbonyl (C=O) groups excluding carboxylic acids is 9. The van der Waals surface area contributed by atoms with Gasteiger partial charge in [0, 0.05) is 98.6 Å². The summed E-state index contributed by atoms with van der Waals surface area (Å²) in [4.78, 5) is 111. The molecular formula is C65H86Cl3N5O30S. The molecule has 6 heterocycles. The first-order chi connectivity index (χ1) is 49.3. The van der Waals surface area contributed by atoms with Gasteiger partial charge in [-0.2, -0.15) is 0 Å². The molecule has 0 radical (unpaired) electrons. The van der Waals surface area contributed by atoms with E-state index in [1.807, 2.05) is 30.3 Å². The third-order valence-electron chi connectivity index (χ3n) is 15.7. The second-order valence-corrected chi connectivity index (χ2v) is 27.5. The van der Waals surface area contributed by atoms with Gasteiger partial charge >= 0.3 is 47.8 Å². The summed E-state index contributed by atoms with van der Waals surface area (Å²) in [7, 11) is 0. The topological polar surface area (TPSA) is 446 Å². The maximum atomic E-state index is 12.4. The molecule has 0 amide bonds. The minimum absolute atomic E-state index is 0. The Balaban J connectivity index is 0.000000327. The molecule has 0 saturated carbocycles. The first-order valence-corrected chi connectivity index (χ1v) is 34.8. The van der Waals surface area contributed by atoms with Gasteiger partial charge in [-0.25, -0.2) is 0 Å². The van der Waals surface area contributed by atoms with Gasteiger partial charge < -0.3 is 99.5 Å². The van der Waals surface area contributed by atoms with E-state index in [0.29, 0.717) is 12.2 Å². The van der Waals surface area contributed by atoms with Gasteiger partial charge in [-0.05, 0) is 18.4 Å². The van der Waals surface area contributed by atoms with Crippen molar-refractivity contribution in [3.63, 3.8) is 0 Å². The van der Waals surface area contributed by atoms with E-state index in [9.17, 15) is 48.7 Å². The highest BCUT2D eigenvalue weighted by Gasteiger charge is 2.60. The van der Waals surface area contributed by atoms with Crippen molar-refractivity contribution in [3.05, 3.63) is 82.2 Å². The molecule has 39 heteroatoms. The summed E-state index contributed by atoms with van der Waals surface area (Å²) >= 11 is 18.8. The van der Waals surface area contributed by atoms with E-state index < -0.39 is 200 Å². The van der Waals surface area contributed by atoms with Gasteiger partial charge in [-0.3, -0.25) is 54.3 Å². The molecule has 8 rings (SSSR count). The van der Waals surface area contributed by atoms with Crippen LogP contribution >= 0.6 is 46.6 Å². The zero-order valence-electron chi connectivity index (χ0n) is 58.0. The van der Waals surface area contributed by atoms with Gasteiger partial charge in [-0.15, -0.1) is 0 Å². The molecule has 104 heavy (non-hydrogen) atoms. The molecule has 6 fully saturated rings. The Hall–Kier alpha value is -6.65. The van der Waals surface area contributed by atoms with Crippen LogP contribution in [0.5, 0.6) is 0 Å². The lowest BCUT2D eigenvalue weighted by atomic mass is 9.94. The molecule has 0 bridgehead atoms. The number of nitrogens with one attached hydrogen (secondary N) is 1. The number of alkyl halides is 3. The van der Waals surface area contributed by atoms with Crippen molar-refractivity contribution < 1.29 is 144 Å². The minimum atomic E-state index is -2.35. The number of unbranched alkanes of at least 4 members (excludes halogenated alkanes) is 2. The van der Waals surface area contributed by atoms with Gasteiger partial charge in [-0.1, -0.05) is 119 Å². The highest BCUT2D eigenvalue weighted by atomic mass is 35.6. The van der Waals surface area contributed by atoms with Crippen LogP contribution in [0.25, 0.3) is 10.4 Å². The number of azide groups is 1. The third-order valence-corrected chi connectivity index (χ3v) is 17.1. The SMILES string of the molecule is CC(=O)OCC1O[C@@H](O[C@@H]2C(N=[N+]=[N-])[C@@H](OC(=N)C(Cl)(Cl)Cl)OC3COC(c4ccccc4)O[C@@H]32)C(OC(C)=O)[C@@H](OC(C)=O)[C@H]1OC(C)=O.CC(=O)OCC1O[C@@H](O[C@@H]2C[C@@](N)(OCCOCCCCCSC(C)=O)OC3COC(c4ccccc4)O[C@@H]32)C(OC(C)=O)[C@@H](OC(C)=O)[C@H]1OC(C)=O.[HH]. The number of hydrogen-bond donors (Lipinski definition) is 2. The maximum absolute atomic E-state index is 12.4. The Morgan fingerprint density at radius 3 is 1.51 bits per heavy atom. The molecule has 578 valence electrons. The normalized spacial score (nSPS) is 31.5. The van der Waals surface area contributed by atoms with E-state index in [1.165, 1.54) is 18.7 Å². The smallest absolute Gasteiger partial charge is 0.303 e. The Morgan fingerprint density at radius 2 is 1.04 bits per heavy atom. The second kappa shape index (κ2) is 40.3. The predicted octanol–water partition coefficient (Wildman–Crippen LogP) is 6.04. The van der Waals surface area contributed by atoms with Crippen molar-refractivity contribution >= 4 is 105 Å². The summed E-state index contributed by atoms with van der Waals surface area (Å²) in [5.41, 5.74) is 17.6.